The van der Waals surface area contributed by atoms with E-state index in [4.69, 9.17) is 4.74 Å². The number of ether oxygens (including phenoxy) is 1. The Kier molecular flexibility index (Phi) is 4.79. The van der Waals surface area contributed by atoms with E-state index in [1.807, 2.05) is 29.5 Å². The molecular weight excluding hydrogens is 482 g/mol. The van der Waals surface area contributed by atoms with Crippen LogP contribution in [0.3, 0.4) is 0 Å². The van der Waals surface area contributed by atoms with Crippen molar-refractivity contribution >= 4 is 48.0 Å². The van der Waals surface area contributed by atoms with Crippen LogP contribution in [0.15, 0.2) is 127 Å². The van der Waals surface area contributed by atoms with Crippen LogP contribution in [0.1, 0.15) is 11.8 Å². The van der Waals surface area contributed by atoms with E-state index < -0.39 is 0 Å². The van der Waals surface area contributed by atoms with E-state index in [9.17, 15) is 0 Å². The van der Waals surface area contributed by atoms with Gasteiger partial charge in [-0.25, -0.2) is 0 Å². The standard InChI is InChI=1S/C35H23NOS/c1-2-8-22(9-3-1)35-36-31-19-17-26-21-24(16-18-27(26)33(31)37-35)23-10-6-11-25(20-23)28-13-7-14-30-29-12-4-5-15-32(29)38-34(28)30/h1-21,35-36H. The molecule has 0 saturated carbocycles. The highest BCUT2D eigenvalue weighted by atomic mass is 32.1. The highest BCUT2D eigenvalue weighted by molar-refractivity contribution is 7.26. The summed E-state index contributed by atoms with van der Waals surface area (Å²) >= 11 is 1.88. The van der Waals surface area contributed by atoms with Gasteiger partial charge in [0.2, 0.25) is 0 Å². The van der Waals surface area contributed by atoms with E-state index in [1.165, 1.54) is 47.8 Å². The second-order valence-electron chi connectivity index (χ2n) is 9.79. The summed E-state index contributed by atoms with van der Waals surface area (Å²) in [7, 11) is 0. The SMILES string of the molecule is c1ccc(C2Nc3ccc4cc(-c5cccc(-c6cccc7c6sc6ccccc67)c5)ccc4c3O2)cc1. The van der Waals surface area contributed by atoms with Gasteiger partial charge in [0.05, 0.1) is 5.69 Å². The first kappa shape index (κ1) is 21.5. The van der Waals surface area contributed by atoms with Crippen molar-refractivity contribution < 1.29 is 4.74 Å². The van der Waals surface area contributed by atoms with Crippen molar-refractivity contribution in [1.82, 2.24) is 0 Å². The van der Waals surface area contributed by atoms with Crippen molar-refractivity contribution in [2.75, 3.05) is 5.32 Å². The minimum absolute atomic E-state index is 0.162. The molecule has 0 fully saturated rings. The second-order valence-corrected chi connectivity index (χ2v) is 10.8. The van der Waals surface area contributed by atoms with Gasteiger partial charge in [-0.05, 0) is 58.0 Å². The van der Waals surface area contributed by atoms with Gasteiger partial charge in [-0.3, -0.25) is 0 Å². The third-order valence-corrected chi connectivity index (χ3v) is 8.73. The van der Waals surface area contributed by atoms with Gasteiger partial charge >= 0.3 is 0 Å². The van der Waals surface area contributed by atoms with Crippen LogP contribution in [0.2, 0.25) is 0 Å². The Morgan fingerprint density at radius 3 is 2.32 bits per heavy atom. The van der Waals surface area contributed by atoms with E-state index in [0.717, 1.165) is 22.4 Å². The average molecular weight is 506 g/mol. The number of fused-ring (bicyclic) bond motifs is 6. The molecule has 0 bridgehead atoms. The van der Waals surface area contributed by atoms with Crippen LogP contribution in [0.5, 0.6) is 5.75 Å². The second kappa shape index (κ2) is 8.47. The van der Waals surface area contributed by atoms with Gasteiger partial charge in [-0.2, -0.15) is 0 Å². The lowest BCUT2D eigenvalue weighted by Crippen LogP contribution is -2.09. The summed E-state index contributed by atoms with van der Waals surface area (Å²) < 4.78 is 9.06. The van der Waals surface area contributed by atoms with Gasteiger partial charge in [-0.15, -0.1) is 11.3 Å². The van der Waals surface area contributed by atoms with Crippen molar-refractivity contribution in [1.29, 1.82) is 0 Å². The molecule has 0 radical (unpaired) electrons. The lowest BCUT2D eigenvalue weighted by Gasteiger charge is -2.12. The molecule has 180 valence electrons. The highest BCUT2D eigenvalue weighted by Crippen LogP contribution is 2.44. The lowest BCUT2D eigenvalue weighted by molar-refractivity contribution is 0.262. The first-order chi connectivity index (χ1) is 18.8. The van der Waals surface area contributed by atoms with E-state index in [1.54, 1.807) is 0 Å². The Bertz CT molecular complexity index is 1990. The van der Waals surface area contributed by atoms with Gasteiger partial charge in [0, 0.05) is 31.1 Å². The third kappa shape index (κ3) is 3.40. The Labute approximate surface area is 224 Å². The molecule has 0 aliphatic carbocycles. The molecule has 0 saturated heterocycles. The molecule has 2 heterocycles. The fourth-order valence-corrected chi connectivity index (χ4v) is 6.87. The molecule has 38 heavy (non-hydrogen) atoms. The van der Waals surface area contributed by atoms with Crippen LogP contribution in [0.4, 0.5) is 5.69 Å². The van der Waals surface area contributed by atoms with Crippen molar-refractivity contribution in [3.63, 3.8) is 0 Å². The first-order valence-corrected chi connectivity index (χ1v) is 13.7. The average Bonchev–Trinajstić information content (AvgIpc) is 3.60. The maximum Gasteiger partial charge on any atom is 0.196 e. The lowest BCUT2D eigenvalue weighted by atomic mass is 9.96. The van der Waals surface area contributed by atoms with Gasteiger partial charge < -0.3 is 10.1 Å². The number of nitrogens with one attached hydrogen (secondary N) is 1. The molecule has 7 aromatic rings. The van der Waals surface area contributed by atoms with Crippen LogP contribution in [0, 0.1) is 0 Å². The molecule has 0 spiro atoms. The van der Waals surface area contributed by atoms with Gasteiger partial charge in [-0.1, -0.05) is 97.1 Å². The topological polar surface area (TPSA) is 21.3 Å². The largest absolute Gasteiger partial charge is 0.464 e. The summed E-state index contributed by atoms with van der Waals surface area (Å²) in [6.45, 7) is 0. The van der Waals surface area contributed by atoms with E-state index >= 15 is 0 Å². The summed E-state index contributed by atoms with van der Waals surface area (Å²) in [5, 5.41) is 8.48. The maximum absolute atomic E-state index is 6.38. The van der Waals surface area contributed by atoms with Gasteiger partial charge in [0.25, 0.3) is 0 Å². The van der Waals surface area contributed by atoms with Crippen LogP contribution in [-0.4, -0.2) is 0 Å². The number of anilines is 1. The van der Waals surface area contributed by atoms with Crippen LogP contribution in [-0.2, 0) is 0 Å². The fourth-order valence-electron chi connectivity index (χ4n) is 5.63. The van der Waals surface area contributed by atoms with E-state index in [-0.39, 0.29) is 6.23 Å². The van der Waals surface area contributed by atoms with Gasteiger partial charge in [0.15, 0.2) is 12.0 Å². The third-order valence-electron chi connectivity index (χ3n) is 7.51. The summed E-state index contributed by atoms with van der Waals surface area (Å²) in [5.41, 5.74) is 7.11. The molecule has 1 aliphatic rings. The predicted octanol–water partition coefficient (Wildman–Crippen LogP) is 10.0. The predicted molar refractivity (Wildman–Crippen MR) is 161 cm³/mol. The minimum Gasteiger partial charge on any atom is -0.464 e. The summed E-state index contributed by atoms with van der Waals surface area (Å²) in [6.07, 6.45) is -0.162. The Morgan fingerprint density at radius 1 is 0.579 bits per heavy atom. The quantitative estimate of drug-likeness (QED) is 0.258. The molecule has 3 heteroatoms. The van der Waals surface area contributed by atoms with E-state index in [2.05, 4.69) is 115 Å². The number of hydrogen-bond donors (Lipinski definition) is 1. The first-order valence-electron chi connectivity index (χ1n) is 12.9. The van der Waals surface area contributed by atoms with Gasteiger partial charge in [0.1, 0.15) is 0 Å². The number of thiophene rings is 1. The maximum atomic E-state index is 6.38. The number of benzene rings is 6. The number of hydrogen-bond acceptors (Lipinski definition) is 3. The molecule has 6 aromatic carbocycles. The van der Waals surface area contributed by atoms with Crippen LogP contribution < -0.4 is 10.1 Å². The molecule has 1 aliphatic heterocycles. The molecule has 1 unspecified atom stereocenters. The minimum atomic E-state index is -0.162. The van der Waals surface area contributed by atoms with Crippen molar-refractivity contribution in [3.05, 3.63) is 133 Å². The normalized spacial score (nSPS) is 14.5. The number of rotatable bonds is 3. The van der Waals surface area contributed by atoms with Crippen molar-refractivity contribution in [2.24, 2.45) is 0 Å². The van der Waals surface area contributed by atoms with Crippen molar-refractivity contribution in [3.8, 4) is 28.0 Å². The summed E-state index contributed by atoms with van der Waals surface area (Å²) in [4.78, 5) is 0. The van der Waals surface area contributed by atoms with Crippen LogP contribution in [0.25, 0.3) is 53.2 Å². The van der Waals surface area contributed by atoms with Crippen molar-refractivity contribution in [2.45, 2.75) is 6.23 Å². The molecule has 1 aromatic heterocycles. The Balaban J connectivity index is 1.18. The zero-order valence-electron chi connectivity index (χ0n) is 20.5. The Morgan fingerprint density at radius 2 is 1.37 bits per heavy atom. The molecule has 0 amide bonds. The smallest absolute Gasteiger partial charge is 0.196 e. The molecule has 1 atom stereocenters. The fraction of sp³-hybridized carbons (Fsp3) is 0.0286. The molecular formula is C35H23NOS. The zero-order valence-corrected chi connectivity index (χ0v) is 21.3. The molecule has 2 nitrogen and oxygen atoms in total. The molecule has 8 rings (SSSR count). The monoisotopic (exact) mass is 505 g/mol. The van der Waals surface area contributed by atoms with Crippen LogP contribution >= 0.6 is 11.3 Å². The summed E-state index contributed by atoms with van der Waals surface area (Å²) in [6, 6.07) is 45.5. The summed E-state index contributed by atoms with van der Waals surface area (Å²) in [5.74, 6) is 0.924. The zero-order chi connectivity index (χ0) is 25.1. The molecule has 1 N–H and O–H groups in total. The highest BCUT2D eigenvalue weighted by Gasteiger charge is 2.25. The Hall–Kier alpha value is -4.60. The van der Waals surface area contributed by atoms with E-state index in [0.29, 0.717) is 0 Å².